The Labute approximate surface area is 152 Å². The molecule has 0 spiro atoms. The van der Waals surface area contributed by atoms with E-state index in [2.05, 4.69) is 59.7 Å². The summed E-state index contributed by atoms with van der Waals surface area (Å²) in [5, 5.41) is 1.34. The summed E-state index contributed by atoms with van der Waals surface area (Å²) in [6.45, 7) is 13.9. The molecule has 1 nitrogen and oxygen atoms in total. The van der Waals surface area contributed by atoms with Crippen LogP contribution < -0.4 is 0 Å². The van der Waals surface area contributed by atoms with Gasteiger partial charge in [-0.05, 0) is 42.4 Å². The van der Waals surface area contributed by atoms with Gasteiger partial charge in [-0.25, -0.2) is 4.98 Å². The molecule has 134 valence electrons. The van der Waals surface area contributed by atoms with Crippen molar-refractivity contribution in [3.8, 4) is 0 Å². The highest BCUT2D eigenvalue weighted by atomic mass is 32.1. The first-order valence-corrected chi connectivity index (χ1v) is 10.6. The highest BCUT2D eigenvalue weighted by Crippen LogP contribution is 2.39. The van der Waals surface area contributed by atoms with Gasteiger partial charge in [0.2, 0.25) is 0 Å². The minimum absolute atomic E-state index is 0.234. The van der Waals surface area contributed by atoms with E-state index in [0.29, 0.717) is 0 Å². The Kier molecular flexibility index (Phi) is 6.47. The quantitative estimate of drug-likeness (QED) is 0.426. The second kappa shape index (κ2) is 7.99. The van der Waals surface area contributed by atoms with Crippen molar-refractivity contribution in [1.82, 2.24) is 4.98 Å². The molecular weight excluding hydrogens is 310 g/mol. The molecule has 1 heterocycles. The lowest BCUT2D eigenvalue weighted by atomic mass is 9.82. The number of nitrogens with zero attached hydrogens (tertiary/aromatic N) is 1. The zero-order valence-electron chi connectivity index (χ0n) is 16.5. The normalized spacial score (nSPS) is 14.9. The van der Waals surface area contributed by atoms with Crippen molar-refractivity contribution in [2.24, 2.45) is 0 Å². The number of aromatic nitrogens is 1. The van der Waals surface area contributed by atoms with Crippen molar-refractivity contribution < 1.29 is 0 Å². The lowest BCUT2D eigenvalue weighted by molar-refractivity contribution is 0.395. The minimum Gasteiger partial charge on any atom is -0.241 e. The van der Waals surface area contributed by atoms with E-state index in [1.165, 1.54) is 59.3 Å². The van der Waals surface area contributed by atoms with E-state index in [-0.39, 0.29) is 10.8 Å². The summed E-state index contributed by atoms with van der Waals surface area (Å²) in [6, 6.07) is 6.89. The van der Waals surface area contributed by atoms with Gasteiger partial charge in [-0.3, -0.25) is 0 Å². The molecule has 1 aromatic carbocycles. The number of hydrogen-bond acceptors (Lipinski definition) is 2. The van der Waals surface area contributed by atoms with E-state index in [9.17, 15) is 0 Å². The van der Waals surface area contributed by atoms with Crippen LogP contribution in [0.25, 0.3) is 10.2 Å². The maximum atomic E-state index is 5.02. The fourth-order valence-electron chi connectivity index (χ4n) is 3.18. The zero-order chi connectivity index (χ0) is 17.8. The van der Waals surface area contributed by atoms with Crippen LogP contribution in [-0.2, 0) is 10.8 Å². The molecule has 2 heteroatoms. The number of fused-ring (bicyclic) bond motifs is 1. The van der Waals surface area contributed by atoms with Crippen LogP contribution in [0.5, 0.6) is 0 Å². The molecular formula is C22H35NS. The maximum Gasteiger partial charge on any atom is 0.0997 e. The van der Waals surface area contributed by atoms with Gasteiger partial charge in [0.1, 0.15) is 0 Å². The van der Waals surface area contributed by atoms with Crippen LogP contribution in [0.2, 0.25) is 0 Å². The summed E-state index contributed by atoms with van der Waals surface area (Å²) in [4.78, 5) is 5.02. The number of benzene rings is 1. The van der Waals surface area contributed by atoms with Crippen LogP contribution in [0.15, 0.2) is 18.2 Å². The van der Waals surface area contributed by atoms with Gasteiger partial charge >= 0.3 is 0 Å². The van der Waals surface area contributed by atoms with Gasteiger partial charge in [-0.2, -0.15) is 0 Å². The Morgan fingerprint density at radius 1 is 0.958 bits per heavy atom. The Bertz CT molecular complexity index is 655. The highest BCUT2D eigenvalue weighted by Gasteiger charge is 2.28. The van der Waals surface area contributed by atoms with E-state index in [1.807, 2.05) is 11.3 Å². The van der Waals surface area contributed by atoms with Gasteiger partial charge in [0.15, 0.2) is 0 Å². The minimum atomic E-state index is 0.234. The average Bonchev–Trinajstić information content (AvgIpc) is 3.02. The predicted molar refractivity (Wildman–Crippen MR) is 109 cm³/mol. The Morgan fingerprint density at radius 2 is 1.71 bits per heavy atom. The van der Waals surface area contributed by atoms with Gasteiger partial charge < -0.3 is 0 Å². The van der Waals surface area contributed by atoms with Crippen LogP contribution in [-0.4, -0.2) is 4.98 Å². The zero-order valence-corrected chi connectivity index (χ0v) is 17.4. The van der Waals surface area contributed by atoms with E-state index in [4.69, 9.17) is 4.98 Å². The summed E-state index contributed by atoms with van der Waals surface area (Å²) in [6.07, 6.45) is 8.93. The van der Waals surface area contributed by atoms with Crippen molar-refractivity contribution >= 4 is 21.6 Å². The topological polar surface area (TPSA) is 12.9 Å². The number of unbranched alkanes of at least 4 members (excludes halogenated alkanes) is 3. The summed E-state index contributed by atoms with van der Waals surface area (Å²) in [5.74, 6) is 0. The number of thiazole rings is 1. The summed E-state index contributed by atoms with van der Waals surface area (Å²) < 4.78 is 1.36. The average molecular weight is 346 g/mol. The summed E-state index contributed by atoms with van der Waals surface area (Å²) in [5.41, 5.74) is 3.09. The second-order valence-corrected chi connectivity index (χ2v) is 9.19. The lowest BCUT2D eigenvalue weighted by Gasteiger charge is -2.25. The van der Waals surface area contributed by atoms with Gasteiger partial charge in [-0.1, -0.05) is 73.3 Å². The van der Waals surface area contributed by atoms with Crippen molar-refractivity contribution in [2.45, 2.75) is 97.3 Å². The molecule has 0 radical (unpaired) electrons. The molecule has 24 heavy (non-hydrogen) atoms. The first-order chi connectivity index (χ1) is 11.4. The van der Waals surface area contributed by atoms with E-state index in [1.54, 1.807) is 0 Å². The molecule has 1 aromatic heterocycles. The third-order valence-corrected chi connectivity index (χ3v) is 7.26. The van der Waals surface area contributed by atoms with Crippen LogP contribution in [0.3, 0.4) is 0 Å². The van der Waals surface area contributed by atoms with Crippen LogP contribution in [0.4, 0.5) is 0 Å². The molecule has 0 amide bonds. The molecule has 0 aliphatic carbocycles. The van der Waals surface area contributed by atoms with E-state index in [0.717, 1.165) is 6.42 Å². The van der Waals surface area contributed by atoms with Crippen LogP contribution in [0.1, 0.15) is 97.1 Å². The molecule has 0 aliphatic heterocycles. The Hall–Kier alpha value is -0.890. The third kappa shape index (κ3) is 4.20. The predicted octanol–water partition coefficient (Wildman–Crippen LogP) is 7.62. The van der Waals surface area contributed by atoms with E-state index >= 15 is 0 Å². The fraction of sp³-hybridized carbons (Fsp3) is 0.682. The van der Waals surface area contributed by atoms with Gasteiger partial charge in [-0.15, -0.1) is 11.3 Å². The molecule has 0 bridgehead atoms. The van der Waals surface area contributed by atoms with Gasteiger partial charge in [0.05, 0.1) is 15.2 Å². The highest BCUT2D eigenvalue weighted by molar-refractivity contribution is 7.18. The standard InChI is InChI=1S/C22H35NS/c1-7-10-11-12-15-22(6,9-3)20-23-18-14-13-17(16-19(18)24-20)21(4,5)8-2/h13-14,16H,7-12,15H2,1-6H3. The fourth-order valence-corrected chi connectivity index (χ4v) is 4.43. The number of hydrogen-bond donors (Lipinski definition) is 0. The molecule has 2 aromatic rings. The van der Waals surface area contributed by atoms with Crippen LogP contribution in [0, 0.1) is 0 Å². The molecule has 2 rings (SSSR count). The molecule has 1 atom stereocenters. The molecule has 0 fully saturated rings. The third-order valence-electron chi connectivity index (χ3n) is 5.93. The Morgan fingerprint density at radius 3 is 2.33 bits per heavy atom. The Balaban J connectivity index is 2.27. The monoisotopic (exact) mass is 345 g/mol. The van der Waals surface area contributed by atoms with Crippen molar-refractivity contribution in [3.63, 3.8) is 0 Å². The van der Waals surface area contributed by atoms with Gasteiger partial charge in [0.25, 0.3) is 0 Å². The summed E-state index contributed by atoms with van der Waals surface area (Å²) in [7, 11) is 0. The molecule has 1 unspecified atom stereocenters. The lowest BCUT2D eigenvalue weighted by Crippen LogP contribution is -2.20. The summed E-state index contributed by atoms with van der Waals surface area (Å²) >= 11 is 1.92. The number of rotatable bonds is 9. The molecule has 0 saturated heterocycles. The van der Waals surface area contributed by atoms with Crippen molar-refractivity contribution in [1.29, 1.82) is 0 Å². The first-order valence-electron chi connectivity index (χ1n) is 9.78. The van der Waals surface area contributed by atoms with Gasteiger partial charge in [0, 0.05) is 5.41 Å². The van der Waals surface area contributed by atoms with Crippen LogP contribution >= 0.6 is 11.3 Å². The first kappa shape index (κ1) is 19.4. The van der Waals surface area contributed by atoms with E-state index < -0.39 is 0 Å². The second-order valence-electron chi connectivity index (χ2n) is 8.16. The SMILES string of the molecule is CCCCCCC(C)(CC)c1nc2ccc(C(C)(C)CC)cc2s1. The maximum absolute atomic E-state index is 5.02. The van der Waals surface area contributed by atoms with Crippen molar-refractivity contribution in [2.75, 3.05) is 0 Å². The molecule has 0 saturated carbocycles. The van der Waals surface area contributed by atoms with Crippen molar-refractivity contribution in [3.05, 3.63) is 28.8 Å². The molecule has 0 aliphatic rings. The smallest absolute Gasteiger partial charge is 0.0997 e. The largest absolute Gasteiger partial charge is 0.241 e. The molecule has 0 N–H and O–H groups in total.